The molecule has 1 unspecified atom stereocenters. The molecule has 4 heteroatoms. The summed E-state index contributed by atoms with van der Waals surface area (Å²) in [6.45, 7) is 9.17. The monoisotopic (exact) mass is 292 g/mol. The number of nitrogens with one attached hydrogen (secondary N) is 1. The summed E-state index contributed by atoms with van der Waals surface area (Å²) in [5, 5.41) is 12.8. The van der Waals surface area contributed by atoms with Gasteiger partial charge in [0.25, 0.3) is 0 Å². The van der Waals surface area contributed by atoms with E-state index in [0.717, 1.165) is 25.2 Å². The van der Waals surface area contributed by atoms with Crippen LogP contribution in [0.2, 0.25) is 0 Å². The van der Waals surface area contributed by atoms with E-state index in [2.05, 4.69) is 31.0 Å². The highest BCUT2D eigenvalue weighted by Gasteiger charge is 2.38. The fraction of sp³-hybridized carbons (Fsp3) is 0.588. The van der Waals surface area contributed by atoms with Gasteiger partial charge in [0, 0.05) is 13.1 Å². The summed E-state index contributed by atoms with van der Waals surface area (Å²) in [7, 11) is 1.72. The lowest BCUT2D eigenvalue weighted by molar-refractivity contribution is -0.145. The van der Waals surface area contributed by atoms with Crippen molar-refractivity contribution in [3.05, 3.63) is 35.9 Å². The molecular weight excluding hydrogens is 264 g/mol. The van der Waals surface area contributed by atoms with Gasteiger partial charge in [0.2, 0.25) is 0 Å². The third-order valence-electron chi connectivity index (χ3n) is 3.93. The van der Waals surface area contributed by atoms with E-state index in [9.17, 15) is 9.90 Å². The standard InChI is InChI=1S/C17H28N2O2/c1-5-19(13-14(2)3)12-11-17(18-4,16(20)21)15-9-7-6-8-10-15/h6-10,14,18H,5,11-13H2,1-4H3,(H,20,21). The van der Waals surface area contributed by atoms with Gasteiger partial charge in [-0.25, -0.2) is 4.79 Å². The molecule has 118 valence electrons. The van der Waals surface area contributed by atoms with Crippen molar-refractivity contribution >= 4 is 5.97 Å². The lowest BCUT2D eigenvalue weighted by atomic mass is 9.86. The van der Waals surface area contributed by atoms with Crippen LogP contribution in [0.25, 0.3) is 0 Å². The van der Waals surface area contributed by atoms with Crippen molar-refractivity contribution in [2.45, 2.75) is 32.7 Å². The van der Waals surface area contributed by atoms with Crippen LogP contribution in [-0.4, -0.2) is 42.7 Å². The molecule has 0 saturated heterocycles. The number of carboxylic acid groups (broad SMARTS) is 1. The second kappa shape index (κ2) is 8.15. The molecule has 1 rings (SSSR count). The molecule has 0 bridgehead atoms. The molecule has 1 atom stereocenters. The number of aliphatic carboxylic acids is 1. The molecule has 0 radical (unpaired) electrons. The summed E-state index contributed by atoms with van der Waals surface area (Å²) in [6.07, 6.45) is 0.545. The average molecular weight is 292 g/mol. The molecule has 2 N–H and O–H groups in total. The summed E-state index contributed by atoms with van der Waals surface area (Å²) < 4.78 is 0. The number of hydrogen-bond acceptors (Lipinski definition) is 3. The number of likely N-dealkylation sites (N-methyl/N-ethyl adjacent to an activating group) is 1. The summed E-state index contributed by atoms with van der Waals surface area (Å²) in [5.41, 5.74) is -0.216. The van der Waals surface area contributed by atoms with Gasteiger partial charge in [0.05, 0.1) is 0 Å². The van der Waals surface area contributed by atoms with Crippen LogP contribution in [0.15, 0.2) is 30.3 Å². The summed E-state index contributed by atoms with van der Waals surface area (Å²) in [6, 6.07) is 9.43. The fourth-order valence-corrected chi connectivity index (χ4v) is 2.69. The highest BCUT2D eigenvalue weighted by atomic mass is 16.4. The Balaban J connectivity index is 2.92. The molecule has 0 aliphatic heterocycles. The molecule has 0 heterocycles. The molecule has 4 nitrogen and oxygen atoms in total. The molecule has 0 amide bonds. The maximum Gasteiger partial charge on any atom is 0.328 e. The van der Waals surface area contributed by atoms with E-state index >= 15 is 0 Å². The number of carbonyl (C=O) groups is 1. The smallest absolute Gasteiger partial charge is 0.328 e. The van der Waals surface area contributed by atoms with E-state index in [1.807, 2.05) is 30.3 Å². The number of hydrogen-bond donors (Lipinski definition) is 2. The van der Waals surface area contributed by atoms with E-state index in [0.29, 0.717) is 12.3 Å². The molecule has 0 aliphatic rings. The third kappa shape index (κ3) is 4.55. The van der Waals surface area contributed by atoms with Crippen LogP contribution in [0, 0.1) is 5.92 Å². The van der Waals surface area contributed by atoms with Crippen LogP contribution in [0.5, 0.6) is 0 Å². The normalized spacial score (nSPS) is 14.4. The first-order valence-electron chi connectivity index (χ1n) is 7.66. The first-order valence-corrected chi connectivity index (χ1v) is 7.66. The Kier molecular flexibility index (Phi) is 6.85. The maximum absolute atomic E-state index is 11.9. The zero-order valence-corrected chi connectivity index (χ0v) is 13.6. The molecule has 21 heavy (non-hydrogen) atoms. The van der Waals surface area contributed by atoms with Crippen LogP contribution in [0.3, 0.4) is 0 Å². The summed E-state index contributed by atoms with van der Waals surface area (Å²) in [5.74, 6) is -0.243. The van der Waals surface area contributed by atoms with Gasteiger partial charge in [0.1, 0.15) is 5.54 Å². The predicted octanol–water partition coefficient (Wildman–Crippen LogP) is 2.55. The molecule has 1 aromatic carbocycles. The fourth-order valence-electron chi connectivity index (χ4n) is 2.69. The molecule has 0 saturated carbocycles. The number of rotatable bonds is 9. The van der Waals surface area contributed by atoms with Crippen molar-refractivity contribution in [3.63, 3.8) is 0 Å². The Morgan fingerprint density at radius 1 is 1.33 bits per heavy atom. The molecular formula is C17H28N2O2. The first kappa shape index (κ1) is 17.7. The zero-order valence-electron chi connectivity index (χ0n) is 13.6. The molecule has 0 aromatic heterocycles. The van der Waals surface area contributed by atoms with Gasteiger partial charge < -0.3 is 15.3 Å². The molecule has 0 fully saturated rings. The van der Waals surface area contributed by atoms with Crippen molar-refractivity contribution < 1.29 is 9.90 Å². The second-order valence-corrected chi connectivity index (χ2v) is 5.86. The maximum atomic E-state index is 11.9. The minimum Gasteiger partial charge on any atom is -0.480 e. The first-order chi connectivity index (χ1) is 9.96. The average Bonchev–Trinajstić information content (AvgIpc) is 2.47. The minimum absolute atomic E-state index is 0.545. The van der Waals surface area contributed by atoms with Crippen LogP contribution in [0.1, 0.15) is 32.8 Å². The van der Waals surface area contributed by atoms with Crippen molar-refractivity contribution in [2.75, 3.05) is 26.7 Å². The Labute approximate surface area is 128 Å². The van der Waals surface area contributed by atoms with Crippen molar-refractivity contribution in [1.29, 1.82) is 0 Å². The van der Waals surface area contributed by atoms with Crippen molar-refractivity contribution in [3.8, 4) is 0 Å². The van der Waals surface area contributed by atoms with E-state index in [4.69, 9.17) is 0 Å². The molecule has 0 spiro atoms. The molecule has 0 aliphatic carbocycles. The predicted molar refractivity (Wildman–Crippen MR) is 86.4 cm³/mol. The van der Waals surface area contributed by atoms with Crippen LogP contribution in [-0.2, 0) is 10.3 Å². The summed E-state index contributed by atoms with van der Waals surface area (Å²) in [4.78, 5) is 14.2. The van der Waals surface area contributed by atoms with Crippen molar-refractivity contribution in [2.24, 2.45) is 5.92 Å². The van der Waals surface area contributed by atoms with Crippen LogP contribution in [0.4, 0.5) is 0 Å². The Bertz CT molecular complexity index is 434. The molecule has 1 aromatic rings. The van der Waals surface area contributed by atoms with E-state index in [1.54, 1.807) is 7.05 Å². The topological polar surface area (TPSA) is 52.6 Å². The number of nitrogens with zero attached hydrogens (tertiary/aromatic N) is 1. The zero-order chi connectivity index (χ0) is 15.9. The highest BCUT2D eigenvalue weighted by Crippen LogP contribution is 2.25. The van der Waals surface area contributed by atoms with Gasteiger partial charge in [-0.15, -0.1) is 0 Å². The Hall–Kier alpha value is -1.39. The van der Waals surface area contributed by atoms with Gasteiger partial charge in [-0.2, -0.15) is 0 Å². The van der Waals surface area contributed by atoms with Crippen LogP contribution < -0.4 is 5.32 Å². The van der Waals surface area contributed by atoms with Gasteiger partial charge in [0.15, 0.2) is 0 Å². The number of carboxylic acids is 1. The second-order valence-electron chi connectivity index (χ2n) is 5.86. The summed E-state index contributed by atoms with van der Waals surface area (Å²) >= 11 is 0. The quantitative estimate of drug-likeness (QED) is 0.734. The van der Waals surface area contributed by atoms with Gasteiger partial charge in [-0.05, 0) is 31.5 Å². The van der Waals surface area contributed by atoms with E-state index < -0.39 is 11.5 Å². The minimum atomic E-state index is -1.02. The van der Waals surface area contributed by atoms with Gasteiger partial charge >= 0.3 is 5.97 Å². The van der Waals surface area contributed by atoms with E-state index in [1.165, 1.54) is 0 Å². The SMILES string of the molecule is CCN(CCC(NC)(C(=O)O)c1ccccc1)CC(C)C. The lowest BCUT2D eigenvalue weighted by Gasteiger charge is -2.32. The lowest BCUT2D eigenvalue weighted by Crippen LogP contribution is -2.49. The Morgan fingerprint density at radius 3 is 2.38 bits per heavy atom. The largest absolute Gasteiger partial charge is 0.480 e. The van der Waals surface area contributed by atoms with E-state index in [-0.39, 0.29) is 0 Å². The Morgan fingerprint density at radius 2 is 1.95 bits per heavy atom. The third-order valence-corrected chi connectivity index (χ3v) is 3.93. The van der Waals surface area contributed by atoms with Crippen LogP contribution >= 0.6 is 0 Å². The van der Waals surface area contributed by atoms with Crippen molar-refractivity contribution in [1.82, 2.24) is 10.2 Å². The van der Waals surface area contributed by atoms with Gasteiger partial charge in [-0.3, -0.25) is 0 Å². The number of benzene rings is 1. The highest BCUT2D eigenvalue weighted by molar-refractivity contribution is 5.80. The van der Waals surface area contributed by atoms with Gasteiger partial charge in [-0.1, -0.05) is 51.1 Å².